The summed E-state index contributed by atoms with van der Waals surface area (Å²) in [5, 5.41) is 5.60. The lowest BCUT2D eigenvalue weighted by atomic mass is 10.0. The van der Waals surface area contributed by atoms with E-state index in [-0.39, 0.29) is 25.4 Å². The Morgan fingerprint density at radius 2 is 1.87 bits per heavy atom. The number of hydrogen-bond acceptors (Lipinski definition) is 9. The first-order valence-corrected chi connectivity index (χ1v) is 19.4. The maximum atomic E-state index is 14.5. The van der Waals surface area contributed by atoms with E-state index in [0.717, 1.165) is 33.7 Å². The molecule has 1 aliphatic carbocycles. The van der Waals surface area contributed by atoms with Crippen LogP contribution < -0.4 is 20.1 Å². The normalized spacial score (nSPS) is 25.9. The lowest BCUT2D eigenvalue weighted by Crippen LogP contribution is -2.58. The SMILES string of the molecule is Cc1ccc2nc(O[C@@H]3C[C@H]4C(=O)N[C@]5(C(=O)NS(=O)(=O)N(C)C)C[C@H]5C=CCCCCC[C@H](NC(=O)OC(C)(C)C)C(=O)N4C3)n(C(C)C)c2c1. The third kappa shape index (κ3) is 8.71. The molecule has 3 heterocycles. The molecule has 5 atom stereocenters. The molecule has 2 aliphatic heterocycles. The zero-order valence-electron chi connectivity index (χ0n) is 31.4. The van der Waals surface area contributed by atoms with Crippen LogP contribution >= 0.6 is 0 Å². The third-order valence-electron chi connectivity index (χ3n) is 9.64. The highest BCUT2D eigenvalue weighted by Crippen LogP contribution is 2.46. The molecule has 1 aromatic carbocycles. The summed E-state index contributed by atoms with van der Waals surface area (Å²) in [6.45, 7) is 11.2. The van der Waals surface area contributed by atoms with Crippen LogP contribution in [0.2, 0.25) is 0 Å². The van der Waals surface area contributed by atoms with E-state index in [2.05, 4.69) is 15.4 Å². The van der Waals surface area contributed by atoms with Gasteiger partial charge in [-0.05, 0) is 84.9 Å². The molecule has 1 aromatic heterocycles. The fourth-order valence-corrected chi connectivity index (χ4v) is 7.43. The summed E-state index contributed by atoms with van der Waals surface area (Å²) < 4.78 is 42.3. The van der Waals surface area contributed by atoms with E-state index < -0.39 is 69.3 Å². The molecule has 0 bridgehead atoms. The molecule has 52 heavy (non-hydrogen) atoms. The van der Waals surface area contributed by atoms with Gasteiger partial charge in [-0.15, -0.1) is 0 Å². The van der Waals surface area contributed by atoms with Gasteiger partial charge < -0.3 is 25.0 Å². The summed E-state index contributed by atoms with van der Waals surface area (Å²) in [6, 6.07) is 4.13. The van der Waals surface area contributed by atoms with Gasteiger partial charge in [0.15, 0.2) is 0 Å². The number of alkyl carbamates (subject to hydrolysis) is 1. The predicted molar refractivity (Wildman–Crippen MR) is 195 cm³/mol. The Morgan fingerprint density at radius 3 is 2.54 bits per heavy atom. The van der Waals surface area contributed by atoms with Crippen molar-refractivity contribution in [2.24, 2.45) is 5.92 Å². The van der Waals surface area contributed by atoms with Gasteiger partial charge >= 0.3 is 16.3 Å². The first-order valence-electron chi connectivity index (χ1n) is 18.0. The van der Waals surface area contributed by atoms with E-state index in [4.69, 9.17) is 14.5 Å². The van der Waals surface area contributed by atoms with Gasteiger partial charge in [-0.3, -0.25) is 19.0 Å². The maximum absolute atomic E-state index is 14.5. The predicted octanol–water partition coefficient (Wildman–Crippen LogP) is 3.49. The first kappa shape index (κ1) is 39.0. The molecule has 4 amide bonds. The standard InChI is InChI=1S/C36H53N7O8S/c1-22(2)43-28-18-23(3)16-17-26(28)37-33(43)50-25-19-29-30(44)39-36(32(46)40-52(48,49)41(7)8)20-24(36)14-12-10-9-11-13-15-27(31(45)42(29)21-25)38-34(47)51-35(4,5)6/h12,14,16-18,22,24-25,27,29H,9-11,13,15,19-21H2,1-8H3,(H,38,47)(H,39,44)(H,40,46)/t24-,25-,27+,29+,36-/m1/s1. The average molecular weight is 744 g/mol. The van der Waals surface area contributed by atoms with Crippen LogP contribution in [0, 0.1) is 12.8 Å². The summed E-state index contributed by atoms with van der Waals surface area (Å²) >= 11 is 0. The molecular weight excluding hydrogens is 691 g/mol. The number of hydrogen-bond donors (Lipinski definition) is 3. The van der Waals surface area contributed by atoms with Crippen molar-refractivity contribution >= 4 is 45.1 Å². The maximum Gasteiger partial charge on any atom is 0.408 e. The summed E-state index contributed by atoms with van der Waals surface area (Å²) in [4.78, 5) is 61.5. The van der Waals surface area contributed by atoms with E-state index >= 15 is 0 Å². The van der Waals surface area contributed by atoms with Crippen LogP contribution in [0.15, 0.2) is 30.4 Å². The number of carbonyl (C=O) groups excluding carboxylic acids is 4. The summed E-state index contributed by atoms with van der Waals surface area (Å²) in [7, 11) is -1.56. The topological polar surface area (TPSA) is 181 Å². The van der Waals surface area contributed by atoms with Crippen LogP contribution in [-0.2, 0) is 29.3 Å². The van der Waals surface area contributed by atoms with Crippen molar-refractivity contribution in [3.05, 3.63) is 35.9 Å². The van der Waals surface area contributed by atoms with E-state index in [1.54, 1.807) is 20.8 Å². The largest absolute Gasteiger partial charge is 0.459 e. The Kier molecular flexibility index (Phi) is 11.3. The average Bonchev–Trinajstić information content (AvgIpc) is 3.37. The lowest BCUT2D eigenvalue weighted by molar-refractivity contribution is -0.141. The molecule has 286 valence electrons. The summed E-state index contributed by atoms with van der Waals surface area (Å²) in [5.74, 6) is -2.43. The number of carbonyl (C=O) groups is 4. The Morgan fingerprint density at radius 1 is 1.13 bits per heavy atom. The lowest BCUT2D eigenvalue weighted by Gasteiger charge is -2.30. The molecule has 16 heteroatoms. The molecule has 3 N–H and O–H groups in total. The van der Waals surface area contributed by atoms with Gasteiger partial charge in [-0.2, -0.15) is 17.7 Å². The van der Waals surface area contributed by atoms with Crippen molar-refractivity contribution in [1.82, 2.24) is 34.1 Å². The molecular formula is C36H53N7O8S. The van der Waals surface area contributed by atoms with Gasteiger partial charge in [0.2, 0.25) is 11.8 Å². The zero-order valence-corrected chi connectivity index (χ0v) is 32.2. The number of benzene rings is 1. The zero-order chi connectivity index (χ0) is 38.2. The molecule has 1 saturated heterocycles. The molecule has 3 aliphatic rings. The third-order valence-corrected chi connectivity index (χ3v) is 11.0. The smallest absolute Gasteiger partial charge is 0.408 e. The van der Waals surface area contributed by atoms with Gasteiger partial charge in [-0.25, -0.2) is 9.52 Å². The van der Waals surface area contributed by atoms with E-state index in [9.17, 15) is 27.6 Å². The van der Waals surface area contributed by atoms with Crippen LogP contribution in [0.1, 0.15) is 91.2 Å². The highest BCUT2D eigenvalue weighted by molar-refractivity contribution is 7.87. The van der Waals surface area contributed by atoms with Crippen LogP contribution in [0.25, 0.3) is 11.0 Å². The number of amides is 4. The van der Waals surface area contributed by atoms with Crippen molar-refractivity contribution in [2.45, 2.75) is 122 Å². The number of ether oxygens (including phenoxy) is 2. The minimum Gasteiger partial charge on any atom is -0.459 e. The van der Waals surface area contributed by atoms with Crippen molar-refractivity contribution in [3.8, 4) is 6.01 Å². The van der Waals surface area contributed by atoms with Crippen LogP contribution in [0.3, 0.4) is 0 Å². The Balaban J connectivity index is 1.50. The van der Waals surface area contributed by atoms with Gasteiger partial charge in [0, 0.05) is 32.5 Å². The van der Waals surface area contributed by atoms with Crippen LogP contribution in [0.5, 0.6) is 6.01 Å². The molecule has 2 fully saturated rings. The fourth-order valence-electron chi connectivity index (χ4n) is 6.83. The molecule has 0 unspecified atom stereocenters. The quantitative estimate of drug-likeness (QED) is 0.358. The summed E-state index contributed by atoms with van der Waals surface area (Å²) in [6.07, 6.45) is 5.77. The minimum atomic E-state index is -4.16. The van der Waals surface area contributed by atoms with Gasteiger partial charge in [-0.1, -0.05) is 31.1 Å². The number of aromatic nitrogens is 2. The van der Waals surface area contributed by atoms with E-state index in [1.807, 2.05) is 55.7 Å². The Bertz CT molecular complexity index is 1830. The number of rotatable bonds is 7. The van der Waals surface area contributed by atoms with Crippen LogP contribution in [0.4, 0.5) is 4.79 Å². The fraction of sp³-hybridized carbons (Fsp3) is 0.639. The van der Waals surface area contributed by atoms with E-state index in [1.165, 1.54) is 19.0 Å². The number of imidazole rings is 1. The Labute approximate surface area is 306 Å². The number of aryl methyl sites for hydroxylation is 1. The molecule has 5 rings (SSSR count). The number of fused-ring (bicyclic) bond motifs is 3. The number of allylic oxidation sites excluding steroid dienone is 1. The number of nitrogens with one attached hydrogen (secondary N) is 3. The highest BCUT2D eigenvalue weighted by atomic mass is 32.2. The second-order valence-electron chi connectivity index (χ2n) is 15.6. The van der Waals surface area contributed by atoms with E-state index in [0.29, 0.717) is 25.3 Å². The second-order valence-corrected chi connectivity index (χ2v) is 17.5. The van der Waals surface area contributed by atoms with Crippen molar-refractivity contribution < 1.29 is 37.1 Å². The summed E-state index contributed by atoms with van der Waals surface area (Å²) in [5.41, 5.74) is 0.350. The van der Waals surface area contributed by atoms with Gasteiger partial charge in [0.05, 0.1) is 17.6 Å². The molecule has 0 spiro atoms. The molecule has 2 aromatic rings. The highest BCUT2D eigenvalue weighted by Gasteiger charge is 2.61. The first-order chi connectivity index (χ1) is 24.3. The monoisotopic (exact) mass is 743 g/mol. The van der Waals surface area contributed by atoms with Crippen LogP contribution in [-0.4, -0.2) is 101 Å². The van der Waals surface area contributed by atoms with Crippen molar-refractivity contribution in [2.75, 3.05) is 20.6 Å². The van der Waals surface area contributed by atoms with Crippen molar-refractivity contribution in [3.63, 3.8) is 0 Å². The Hall–Kier alpha value is -4.18. The number of nitrogens with zero attached hydrogens (tertiary/aromatic N) is 4. The molecule has 0 radical (unpaired) electrons. The molecule has 15 nitrogen and oxygen atoms in total. The minimum absolute atomic E-state index is 0.00127. The van der Waals surface area contributed by atoms with Crippen molar-refractivity contribution in [1.29, 1.82) is 0 Å². The van der Waals surface area contributed by atoms with Gasteiger partial charge in [0.25, 0.3) is 11.9 Å². The second kappa shape index (κ2) is 15.0. The molecule has 1 saturated carbocycles. The van der Waals surface area contributed by atoms with Gasteiger partial charge in [0.1, 0.15) is 29.3 Å².